The minimum absolute atomic E-state index is 0.00368. The lowest BCUT2D eigenvalue weighted by Crippen LogP contribution is -2.37. The monoisotopic (exact) mass is 521 g/mol. The van der Waals surface area contributed by atoms with E-state index in [9.17, 15) is 14.9 Å². The maximum atomic E-state index is 11.9. The number of nitro groups is 1. The van der Waals surface area contributed by atoms with Crippen LogP contribution in [0.1, 0.15) is 0 Å². The molecule has 11 heteroatoms. The Bertz CT molecular complexity index is 882. The van der Waals surface area contributed by atoms with E-state index in [2.05, 4.69) is 42.5 Å². The fourth-order valence-electron chi connectivity index (χ4n) is 1.79. The van der Waals surface area contributed by atoms with Crippen LogP contribution >= 0.6 is 55.7 Å². The van der Waals surface area contributed by atoms with E-state index in [1.54, 1.807) is 18.2 Å². The summed E-state index contributed by atoms with van der Waals surface area (Å²) < 4.78 is 6.95. The van der Waals surface area contributed by atoms with Crippen molar-refractivity contribution in [3.63, 3.8) is 0 Å². The second kappa shape index (κ2) is 9.26. The molecule has 2 N–H and O–H groups in total. The lowest BCUT2D eigenvalue weighted by molar-refractivity contribution is -0.384. The molecule has 0 unspecified atom stereocenters. The topological polar surface area (TPSA) is 93.5 Å². The molecular formula is C15H10Br2ClN3O4S. The number of anilines is 1. The summed E-state index contributed by atoms with van der Waals surface area (Å²) >= 11 is 17.4. The van der Waals surface area contributed by atoms with Crippen molar-refractivity contribution < 1.29 is 14.5 Å². The fourth-order valence-corrected chi connectivity index (χ4v) is 3.37. The highest BCUT2D eigenvalue weighted by atomic mass is 79.9. The number of carbonyl (C=O) groups is 1. The molecule has 136 valence electrons. The smallest absolute Gasteiger partial charge is 0.289 e. The Morgan fingerprint density at radius 1 is 1.27 bits per heavy atom. The number of amides is 1. The van der Waals surface area contributed by atoms with Gasteiger partial charge in [-0.25, -0.2) is 0 Å². The summed E-state index contributed by atoms with van der Waals surface area (Å²) in [6, 6.07) is 9.34. The number of hydrogen-bond acceptors (Lipinski definition) is 5. The van der Waals surface area contributed by atoms with Crippen molar-refractivity contribution in [2.45, 2.75) is 0 Å². The standard InChI is InChI=1S/C15H10Br2ClN3O4S/c16-8-1-4-13(10(17)5-8)25-7-14(22)20-15(26)19-9-2-3-11(18)12(6-9)21(23)24/h1-6H,7H2,(H2,19,20,22,26). The van der Waals surface area contributed by atoms with Gasteiger partial charge in [0.1, 0.15) is 10.8 Å². The van der Waals surface area contributed by atoms with Crippen LogP contribution in [-0.4, -0.2) is 22.5 Å². The highest BCUT2D eigenvalue weighted by molar-refractivity contribution is 9.11. The second-order valence-electron chi connectivity index (χ2n) is 4.79. The zero-order valence-corrected chi connectivity index (χ0v) is 17.5. The molecule has 0 saturated heterocycles. The zero-order chi connectivity index (χ0) is 19.3. The predicted molar refractivity (Wildman–Crippen MR) is 110 cm³/mol. The molecular weight excluding hydrogens is 514 g/mol. The van der Waals surface area contributed by atoms with Crippen LogP contribution < -0.4 is 15.4 Å². The average molecular weight is 524 g/mol. The molecule has 0 spiro atoms. The molecule has 0 atom stereocenters. The molecule has 0 aliphatic carbocycles. The number of ether oxygens (including phenoxy) is 1. The molecule has 0 fully saturated rings. The van der Waals surface area contributed by atoms with Crippen molar-refractivity contribution in [1.82, 2.24) is 5.32 Å². The number of rotatable bonds is 5. The number of nitro benzene ring substituents is 1. The van der Waals surface area contributed by atoms with Crippen LogP contribution in [0.25, 0.3) is 0 Å². The number of thiocarbonyl (C=S) groups is 1. The van der Waals surface area contributed by atoms with Crippen molar-refractivity contribution in [2.24, 2.45) is 0 Å². The van der Waals surface area contributed by atoms with Gasteiger partial charge in [0.05, 0.1) is 9.40 Å². The maximum absolute atomic E-state index is 11.9. The number of nitrogens with zero attached hydrogens (tertiary/aromatic N) is 1. The van der Waals surface area contributed by atoms with Crippen molar-refractivity contribution in [3.8, 4) is 5.75 Å². The van der Waals surface area contributed by atoms with Gasteiger partial charge in [-0.3, -0.25) is 20.2 Å². The molecule has 0 saturated carbocycles. The molecule has 2 aromatic carbocycles. The van der Waals surface area contributed by atoms with Crippen molar-refractivity contribution in [2.75, 3.05) is 11.9 Å². The largest absolute Gasteiger partial charge is 0.483 e. The highest BCUT2D eigenvalue weighted by Gasteiger charge is 2.14. The van der Waals surface area contributed by atoms with Gasteiger partial charge in [0.2, 0.25) is 0 Å². The summed E-state index contributed by atoms with van der Waals surface area (Å²) in [6.07, 6.45) is 0. The van der Waals surface area contributed by atoms with Crippen LogP contribution in [0, 0.1) is 10.1 Å². The molecule has 2 aromatic rings. The van der Waals surface area contributed by atoms with E-state index in [0.29, 0.717) is 15.9 Å². The molecule has 2 rings (SSSR count). The summed E-state index contributed by atoms with van der Waals surface area (Å²) in [6.45, 7) is -0.261. The molecule has 0 aromatic heterocycles. The lowest BCUT2D eigenvalue weighted by atomic mass is 10.3. The maximum Gasteiger partial charge on any atom is 0.289 e. The summed E-state index contributed by atoms with van der Waals surface area (Å²) in [7, 11) is 0. The van der Waals surface area contributed by atoms with E-state index in [1.165, 1.54) is 18.2 Å². The average Bonchev–Trinajstić information content (AvgIpc) is 2.55. The Labute approximate surface area is 175 Å². The molecule has 0 bridgehead atoms. The molecule has 26 heavy (non-hydrogen) atoms. The third-order valence-corrected chi connectivity index (χ3v) is 4.54. The first kappa shape index (κ1) is 20.6. The van der Waals surface area contributed by atoms with Gasteiger partial charge in [0.15, 0.2) is 11.7 Å². The van der Waals surface area contributed by atoms with Crippen molar-refractivity contribution in [1.29, 1.82) is 0 Å². The summed E-state index contributed by atoms with van der Waals surface area (Å²) in [5, 5.41) is 16.0. The van der Waals surface area contributed by atoms with E-state index in [4.69, 9.17) is 28.6 Å². The normalized spacial score (nSPS) is 10.1. The van der Waals surface area contributed by atoms with E-state index in [1.807, 2.05) is 0 Å². The first-order valence-corrected chi connectivity index (χ1v) is 9.26. The van der Waals surface area contributed by atoms with E-state index >= 15 is 0 Å². The molecule has 0 aliphatic heterocycles. The number of carbonyl (C=O) groups excluding carboxylic acids is 1. The minimum atomic E-state index is -0.612. The summed E-state index contributed by atoms with van der Waals surface area (Å²) in [5.41, 5.74) is 0.0530. The Balaban J connectivity index is 1.90. The summed E-state index contributed by atoms with van der Waals surface area (Å²) in [4.78, 5) is 22.2. The second-order valence-corrected chi connectivity index (χ2v) is 7.37. The first-order valence-electron chi connectivity index (χ1n) is 6.89. The van der Waals surface area contributed by atoms with Gasteiger partial charge in [0.25, 0.3) is 11.6 Å². The van der Waals surface area contributed by atoms with Gasteiger partial charge >= 0.3 is 0 Å². The molecule has 0 heterocycles. The van der Waals surface area contributed by atoms with Gasteiger partial charge in [-0.2, -0.15) is 0 Å². The van der Waals surface area contributed by atoms with E-state index in [-0.39, 0.29) is 22.4 Å². The Morgan fingerprint density at radius 2 is 2.00 bits per heavy atom. The zero-order valence-electron chi connectivity index (χ0n) is 12.8. The number of hydrogen-bond donors (Lipinski definition) is 2. The van der Waals surface area contributed by atoms with Crippen molar-refractivity contribution in [3.05, 3.63) is 60.5 Å². The van der Waals surface area contributed by atoms with Crippen LogP contribution in [-0.2, 0) is 4.79 Å². The lowest BCUT2D eigenvalue weighted by Gasteiger charge is -2.11. The van der Waals surface area contributed by atoms with Gasteiger partial charge in [-0.15, -0.1) is 0 Å². The molecule has 0 aliphatic rings. The SMILES string of the molecule is O=C(COc1ccc(Br)cc1Br)NC(=S)Nc1ccc(Cl)c([N+](=O)[O-])c1. The van der Waals surface area contributed by atoms with Gasteiger partial charge < -0.3 is 10.1 Å². The van der Waals surface area contributed by atoms with Crippen molar-refractivity contribution >= 4 is 78.1 Å². The van der Waals surface area contributed by atoms with Gasteiger partial charge in [0, 0.05) is 16.2 Å². The molecule has 0 radical (unpaired) electrons. The number of nitrogens with one attached hydrogen (secondary N) is 2. The molecule has 7 nitrogen and oxygen atoms in total. The Morgan fingerprint density at radius 3 is 2.65 bits per heavy atom. The quantitative estimate of drug-likeness (QED) is 0.336. The summed E-state index contributed by atoms with van der Waals surface area (Å²) in [5.74, 6) is 0.0105. The Hall–Kier alpha value is -1.75. The third kappa shape index (κ3) is 5.90. The van der Waals surface area contributed by atoms with Crippen LogP contribution in [0.15, 0.2) is 45.3 Å². The highest BCUT2D eigenvalue weighted by Crippen LogP contribution is 2.28. The van der Waals surface area contributed by atoms with Crippen LogP contribution in [0.5, 0.6) is 5.75 Å². The third-order valence-electron chi connectivity index (χ3n) is 2.91. The predicted octanol–water partition coefficient (Wildman–Crippen LogP) is 4.67. The Kier molecular flexibility index (Phi) is 7.33. The van der Waals surface area contributed by atoms with Crippen LogP contribution in [0.3, 0.4) is 0 Å². The van der Waals surface area contributed by atoms with Gasteiger partial charge in [-0.05, 0) is 58.5 Å². The van der Waals surface area contributed by atoms with E-state index in [0.717, 1.165) is 4.47 Å². The molecule has 1 amide bonds. The van der Waals surface area contributed by atoms with Crippen LogP contribution in [0.2, 0.25) is 5.02 Å². The number of benzene rings is 2. The van der Waals surface area contributed by atoms with Crippen LogP contribution in [0.4, 0.5) is 11.4 Å². The van der Waals surface area contributed by atoms with Gasteiger partial charge in [-0.1, -0.05) is 27.5 Å². The minimum Gasteiger partial charge on any atom is -0.483 e. The number of halogens is 3. The first-order chi connectivity index (χ1) is 12.3. The fraction of sp³-hybridized carbons (Fsp3) is 0.0667. The van der Waals surface area contributed by atoms with E-state index < -0.39 is 10.8 Å².